The molecule has 2 atom stereocenters. The number of aliphatic hydroxyl groups is 1. The highest BCUT2D eigenvalue weighted by Crippen LogP contribution is 2.21. The summed E-state index contributed by atoms with van der Waals surface area (Å²) in [6.45, 7) is 0. The van der Waals surface area contributed by atoms with Gasteiger partial charge in [0.2, 0.25) is 5.91 Å². The topological polar surface area (TPSA) is 49.3 Å². The molecule has 1 saturated carbocycles. The zero-order valence-electron chi connectivity index (χ0n) is 11.3. The van der Waals surface area contributed by atoms with Crippen LogP contribution in [0.2, 0.25) is 5.02 Å². The maximum absolute atomic E-state index is 11.8. The van der Waals surface area contributed by atoms with E-state index in [9.17, 15) is 9.90 Å². The quantitative estimate of drug-likeness (QED) is 0.820. The fraction of sp³-hybridized carbons (Fsp3) is 0.533. The van der Waals surface area contributed by atoms with Crippen LogP contribution < -0.4 is 5.32 Å². The number of thioether (sulfide) groups is 1. The molecule has 0 radical (unpaired) electrons. The van der Waals surface area contributed by atoms with E-state index < -0.39 is 0 Å². The van der Waals surface area contributed by atoms with Gasteiger partial charge in [0.15, 0.2) is 0 Å². The monoisotopic (exact) mass is 313 g/mol. The van der Waals surface area contributed by atoms with Crippen LogP contribution in [0.4, 0.5) is 0 Å². The lowest BCUT2D eigenvalue weighted by molar-refractivity contribution is -0.122. The summed E-state index contributed by atoms with van der Waals surface area (Å²) in [4.78, 5) is 13.0. The number of nitrogens with one attached hydrogen (secondary N) is 1. The van der Waals surface area contributed by atoms with E-state index in [4.69, 9.17) is 11.6 Å². The third-order valence-electron chi connectivity index (χ3n) is 3.49. The Balaban J connectivity index is 1.68. The van der Waals surface area contributed by atoms with Crippen molar-refractivity contribution in [1.29, 1.82) is 0 Å². The molecule has 0 bridgehead atoms. The Morgan fingerprint density at radius 3 is 2.70 bits per heavy atom. The lowest BCUT2D eigenvalue weighted by Gasteiger charge is -2.28. The molecule has 110 valence electrons. The van der Waals surface area contributed by atoms with Gasteiger partial charge >= 0.3 is 0 Å². The van der Waals surface area contributed by atoms with Gasteiger partial charge in [-0.15, -0.1) is 11.8 Å². The maximum atomic E-state index is 11.8. The summed E-state index contributed by atoms with van der Waals surface area (Å²) in [5.41, 5.74) is 0. The summed E-state index contributed by atoms with van der Waals surface area (Å²) >= 11 is 7.46. The number of benzene rings is 1. The molecule has 0 aliphatic heterocycles. The summed E-state index contributed by atoms with van der Waals surface area (Å²) in [6.07, 6.45) is 3.91. The first kappa shape index (κ1) is 15.7. The molecule has 1 amide bonds. The first-order valence-corrected chi connectivity index (χ1v) is 8.37. The second kappa shape index (κ2) is 7.91. The summed E-state index contributed by atoms with van der Waals surface area (Å²) in [5, 5.41) is 13.5. The maximum Gasteiger partial charge on any atom is 0.221 e. The number of carbonyl (C=O) groups excluding carboxylic acids is 1. The Labute approximate surface area is 129 Å². The van der Waals surface area contributed by atoms with Crippen LogP contribution in [0.15, 0.2) is 29.2 Å². The lowest BCUT2D eigenvalue weighted by Crippen LogP contribution is -2.45. The fourth-order valence-electron chi connectivity index (χ4n) is 2.35. The van der Waals surface area contributed by atoms with E-state index >= 15 is 0 Å². The van der Waals surface area contributed by atoms with E-state index in [2.05, 4.69) is 5.32 Å². The molecule has 3 nitrogen and oxygen atoms in total. The van der Waals surface area contributed by atoms with E-state index in [0.29, 0.717) is 6.42 Å². The average molecular weight is 314 g/mol. The van der Waals surface area contributed by atoms with Crippen molar-refractivity contribution in [2.75, 3.05) is 5.75 Å². The molecule has 0 unspecified atom stereocenters. The molecule has 5 heteroatoms. The second-order valence-electron chi connectivity index (χ2n) is 5.08. The Morgan fingerprint density at radius 2 is 2.00 bits per heavy atom. The fourth-order valence-corrected chi connectivity index (χ4v) is 3.33. The molecule has 0 spiro atoms. The van der Waals surface area contributed by atoms with Crippen molar-refractivity contribution in [3.63, 3.8) is 0 Å². The molecule has 2 rings (SSSR count). The minimum Gasteiger partial charge on any atom is -0.391 e. The summed E-state index contributed by atoms with van der Waals surface area (Å²) in [7, 11) is 0. The van der Waals surface area contributed by atoms with E-state index in [0.717, 1.165) is 41.4 Å². The van der Waals surface area contributed by atoms with Crippen molar-refractivity contribution in [2.24, 2.45) is 0 Å². The minimum atomic E-state index is -0.378. The highest BCUT2D eigenvalue weighted by Gasteiger charge is 2.24. The number of amides is 1. The number of carbonyl (C=O) groups is 1. The van der Waals surface area contributed by atoms with Crippen molar-refractivity contribution in [2.45, 2.75) is 49.1 Å². The smallest absolute Gasteiger partial charge is 0.221 e. The first-order chi connectivity index (χ1) is 9.65. The average Bonchev–Trinajstić information content (AvgIpc) is 2.44. The third-order valence-corrected chi connectivity index (χ3v) is 4.75. The standard InChI is InChI=1S/C15H20ClNO2S/c16-11-5-7-12(8-6-11)20-10-9-15(19)17-13-3-1-2-4-14(13)18/h5-8,13-14,18H,1-4,9-10H2,(H,17,19)/t13-,14-/m0/s1. The zero-order valence-corrected chi connectivity index (χ0v) is 12.9. The van der Waals surface area contributed by atoms with E-state index in [1.54, 1.807) is 11.8 Å². The van der Waals surface area contributed by atoms with Crippen molar-refractivity contribution in [1.82, 2.24) is 5.32 Å². The van der Waals surface area contributed by atoms with Crippen LogP contribution in [0.5, 0.6) is 0 Å². The van der Waals surface area contributed by atoms with Crippen LogP contribution in [-0.2, 0) is 4.79 Å². The number of hydrogen-bond donors (Lipinski definition) is 2. The summed E-state index contributed by atoms with van der Waals surface area (Å²) in [6, 6.07) is 7.55. The Kier molecular flexibility index (Phi) is 6.20. The molecule has 1 aliphatic rings. The van der Waals surface area contributed by atoms with Crippen LogP contribution in [-0.4, -0.2) is 28.9 Å². The van der Waals surface area contributed by atoms with Crippen LogP contribution in [0.25, 0.3) is 0 Å². The van der Waals surface area contributed by atoms with Gasteiger partial charge in [-0.05, 0) is 37.1 Å². The van der Waals surface area contributed by atoms with Gasteiger partial charge in [-0.2, -0.15) is 0 Å². The van der Waals surface area contributed by atoms with E-state index in [1.165, 1.54) is 0 Å². The SMILES string of the molecule is O=C(CCSc1ccc(Cl)cc1)N[C@H]1CCCC[C@@H]1O. The van der Waals surface area contributed by atoms with Crippen molar-refractivity contribution in [3.8, 4) is 0 Å². The normalized spacial score (nSPS) is 22.5. The first-order valence-electron chi connectivity index (χ1n) is 7.01. The molecular weight excluding hydrogens is 294 g/mol. The summed E-state index contributed by atoms with van der Waals surface area (Å²) < 4.78 is 0. The van der Waals surface area contributed by atoms with Gasteiger partial charge in [-0.1, -0.05) is 24.4 Å². The molecule has 2 N–H and O–H groups in total. The molecule has 0 aromatic heterocycles. The van der Waals surface area contributed by atoms with Gasteiger partial charge in [0.05, 0.1) is 12.1 Å². The largest absolute Gasteiger partial charge is 0.391 e. The number of halogens is 1. The molecule has 0 saturated heterocycles. The molecule has 1 aromatic rings. The van der Waals surface area contributed by atoms with Gasteiger partial charge in [0.25, 0.3) is 0 Å². The lowest BCUT2D eigenvalue weighted by atomic mass is 9.92. The number of aliphatic hydroxyl groups excluding tert-OH is 1. The van der Waals surface area contributed by atoms with Gasteiger partial charge in [-0.3, -0.25) is 4.79 Å². The second-order valence-corrected chi connectivity index (χ2v) is 6.68. The van der Waals surface area contributed by atoms with Gasteiger partial charge in [0.1, 0.15) is 0 Å². The third kappa shape index (κ3) is 5.00. The highest BCUT2D eigenvalue weighted by molar-refractivity contribution is 7.99. The van der Waals surface area contributed by atoms with E-state index in [-0.39, 0.29) is 18.1 Å². The zero-order chi connectivity index (χ0) is 14.4. The van der Waals surface area contributed by atoms with Gasteiger partial charge < -0.3 is 10.4 Å². The number of hydrogen-bond acceptors (Lipinski definition) is 3. The molecule has 1 fully saturated rings. The van der Waals surface area contributed by atoms with Crippen molar-refractivity contribution < 1.29 is 9.90 Å². The van der Waals surface area contributed by atoms with Gasteiger partial charge in [0, 0.05) is 22.1 Å². The summed E-state index contributed by atoms with van der Waals surface area (Å²) in [5.74, 6) is 0.758. The van der Waals surface area contributed by atoms with Crippen LogP contribution in [0.3, 0.4) is 0 Å². The Hall–Kier alpha value is -0.710. The predicted molar refractivity (Wildman–Crippen MR) is 83.2 cm³/mol. The van der Waals surface area contributed by atoms with Crippen LogP contribution >= 0.6 is 23.4 Å². The molecule has 1 aromatic carbocycles. The highest BCUT2D eigenvalue weighted by atomic mass is 35.5. The molecular formula is C15H20ClNO2S. The Morgan fingerprint density at radius 1 is 1.30 bits per heavy atom. The Bertz CT molecular complexity index is 438. The predicted octanol–water partition coefficient (Wildman–Crippen LogP) is 3.24. The molecule has 0 heterocycles. The van der Waals surface area contributed by atoms with Gasteiger partial charge in [-0.25, -0.2) is 0 Å². The van der Waals surface area contributed by atoms with Crippen LogP contribution in [0, 0.1) is 0 Å². The number of rotatable bonds is 5. The minimum absolute atomic E-state index is 0.0254. The van der Waals surface area contributed by atoms with Crippen molar-refractivity contribution in [3.05, 3.63) is 29.3 Å². The van der Waals surface area contributed by atoms with E-state index in [1.807, 2.05) is 24.3 Å². The van der Waals surface area contributed by atoms with Crippen molar-refractivity contribution >= 4 is 29.3 Å². The molecule has 20 heavy (non-hydrogen) atoms. The molecule has 1 aliphatic carbocycles. The van der Waals surface area contributed by atoms with Crippen LogP contribution in [0.1, 0.15) is 32.1 Å².